The van der Waals surface area contributed by atoms with Crippen LogP contribution in [0, 0.1) is 0 Å². The first-order chi connectivity index (χ1) is 10.2. The first-order valence-electron chi connectivity index (χ1n) is 7.40. The Bertz CT molecular complexity index is 683. The summed E-state index contributed by atoms with van der Waals surface area (Å²) >= 11 is 0. The molecule has 0 aromatic heterocycles. The Morgan fingerprint density at radius 2 is 1.95 bits per heavy atom. The summed E-state index contributed by atoms with van der Waals surface area (Å²) in [5.74, 6) is 0.0598. The normalized spacial score (nSPS) is 16.7. The van der Waals surface area contributed by atoms with Crippen LogP contribution in [-0.4, -0.2) is 27.9 Å². The molecule has 1 aromatic carbocycles. The summed E-state index contributed by atoms with van der Waals surface area (Å²) in [7, 11) is -2.22. The van der Waals surface area contributed by atoms with Crippen LogP contribution < -0.4 is 14.3 Å². The SMILES string of the molecule is CCCCN1C(=O)C(C)(C)c2cc(NS(=O)(=O)NC)ccc21. The molecule has 122 valence electrons. The minimum Gasteiger partial charge on any atom is -0.311 e. The highest BCUT2D eigenvalue weighted by Crippen LogP contribution is 2.42. The molecule has 1 aliphatic rings. The van der Waals surface area contributed by atoms with E-state index in [1.165, 1.54) is 7.05 Å². The van der Waals surface area contributed by atoms with Crippen LogP contribution in [0.25, 0.3) is 0 Å². The van der Waals surface area contributed by atoms with E-state index in [1.807, 2.05) is 19.9 Å². The molecule has 0 bridgehead atoms. The van der Waals surface area contributed by atoms with Crippen molar-refractivity contribution in [3.63, 3.8) is 0 Å². The van der Waals surface area contributed by atoms with Gasteiger partial charge in [-0.2, -0.15) is 8.42 Å². The van der Waals surface area contributed by atoms with Gasteiger partial charge in [-0.3, -0.25) is 9.52 Å². The first-order valence-corrected chi connectivity index (χ1v) is 8.89. The Labute approximate surface area is 132 Å². The Morgan fingerprint density at radius 1 is 1.27 bits per heavy atom. The van der Waals surface area contributed by atoms with Crippen molar-refractivity contribution < 1.29 is 13.2 Å². The van der Waals surface area contributed by atoms with Gasteiger partial charge < -0.3 is 4.90 Å². The van der Waals surface area contributed by atoms with Gasteiger partial charge in [-0.25, -0.2) is 4.72 Å². The zero-order chi connectivity index (χ0) is 16.5. The average Bonchev–Trinajstić information content (AvgIpc) is 2.65. The fourth-order valence-electron chi connectivity index (χ4n) is 2.64. The lowest BCUT2D eigenvalue weighted by Gasteiger charge is -2.20. The lowest BCUT2D eigenvalue weighted by Crippen LogP contribution is -2.36. The topological polar surface area (TPSA) is 78.5 Å². The number of hydrogen-bond donors (Lipinski definition) is 2. The summed E-state index contributed by atoms with van der Waals surface area (Å²) in [6, 6.07) is 5.24. The third-order valence-electron chi connectivity index (χ3n) is 4.00. The summed E-state index contributed by atoms with van der Waals surface area (Å²) in [5, 5.41) is 0. The number of carbonyl (C=O) groups is 1. The van der Waals surface area contributed by atoms with Gasteiger partial charge in [-0.15, -0.1) is 0 Å². The standard InChI is InChI=1S/C15H23N3O3S/c1-5-6-9-18-13-8-7-11(17-22(20,21)16-4)10-12(13)15(2,3)14(18)19/h7-8,10,16-17H,5-6,9H2,1-4H3. The molecule has 0 aliphatic carbocycles. The summed E-state index contributed by atoms with van der Waals surface area (Å²) < 4.78 is 27.8. The lowest BCUT2D eigenvalue weighted by molar-refractivity contribution is -0.122. The van der Waals surface area contributed by atoms with Crippen LogP contribution in [0.3, 0.4) is 0 Å². The average molecular weight is 325 g/mol. The molecule has 0 atom stereocenters. The number of nitrogens with zero attached hydrogens (tertiary/aromatic N) is 1. The molecule has 1 heterocycles. The maximum absolute atomic E-state index is 12.6. The van der Waals surface area contributed by atoms with E-state index in [9.17, 15) is 13.2 Å². The molecule has 2 N–H and O–H groups in total. The molecular formula is C15H23N3O3S. The molecule has 7 heteroatoms. The lowest BCUT2D eigenvalue weighted by atomic mass is 9.86. The number of anilines is 2. The summed E-state index contributed by atoms with van der Waals surface area (Å²) in [5.41, 5.74) is 1.52. The van der Waals surface area contributed by atoms with Crippen molar-refractivity contribution in [3.05, 3.63) is 23.8 Å². The van der Waals surface area contributed by atoms with Crippen LogP contribution in [0.1, 0.15) is 39.2 Å². The van der Waals surface area contributed by atoms with Crippen LogP contribution in [0.15, 0.2) is 18.2 Å². The molecule has 6 nitrogen and oxygen atoms in total. The van der Waals surface area contributed by atoms with Gasteiger partial charge in [0.15, 0.2) is 0 Å². The summed E-state index contributed by atoms with van der Waals surface area (Å²) in [6.07, 6.45) is 1.95. The molecule has 0 spiro atoms. The van der Waals surface area contributed by atoms with E-state index in [1.54, 1.807) is 17.0 Å². The van der Waals surface area contributed by atoms with Crippen molar-refractivity contribution in [2.75, 3.05) is 23.2 Å². The van der Waals surface area contributed by atoms with Crippen molar-refractivity contribution in [3.8, 4) is 0 Å². The third kappa shape index (κ3) is 2.96. The van der Waals surface area contributed by atoms with Gasteiger partial charge in [0.25, 0.3) is 10.2 Å². The minimum atomic E-state index is -3.57. The Hall–Kier alpha value is -1.60. The monoisotopic (exact) mass is 325 g/mol. The van der Waals surface area contributed by atoms with E-state index >= 15 is 0 Å². The highest BCUT2D eigenvalue weighted by atomic mass is 32.2. The second-order valence-electron chi connectivity index (χ2n) is 5.98. The maximum atomic E-state index is 12.6. The predicted molar refractivity (Wildman–Crippen MR) is 88.3 cm³/mol. The third-order valence-corrected chi connectivity index (χ3v) is 5.04. The van der Waals surface area contributed by atoms with Gasteiger partial charge in [0.2, 0.25) is 5.91 Å². The van der Waals surface area contributed by atoms with E-state index in [0.29, 0.717) is 12.2 Å². The molecule has 0 unspecified atom stereocenters. The molecule has 1 aliphatic heterocycles. The van der Waals surface area contributed by atoms with Crippen LogP contribution in [-0.2, 0) is 20.4 Å². The number of hydrogen-bond acceptors (Lipinski definition) is 3. The fourth-order valence-corrected chi connectivity index (χ4v) is 3.18. The van der Waals surface area contributed by atoms with E-state index in [4.69, 9.17) is 0 Å². The first kappa shape index (κ1) is 16.8. The second-order valence-corrected chi connectivity index (χ2v) is 7.60. The smallest absolute Gasteiger partial charge is 0.298 e. The number of rotatable bonds is 6. The van der Waals surface area contributed by atoms with Gasteiger partial charge in [0.1, 0.15) is 0 Å². The molecule has 1 aromatic rings. The highest BCUT2D eigenvalue weighted by Gasteiger charge is 2.43. The van der Waals surface area contributed by atoms with Gasteiger partial charge in [-0.1, -0.05) is 13.3 Å². The number of carbonyl (C=O) groups excluding carboxylic acids is 1. The molecule has 0 saturated heterocycles. The number of unbranched alkanes of at least 4 members (excludes halogenated alkanes) is 1. The van der Waals surface area contributed by atoms with Crippen molar-refractivity contribution >= 4 is 27.5 Å². The highest BCUT2D eigenvalue weighted by molar-refractivity contribution is 7.90. The van der Waals surface area contributed by atoms with Gasteiger partial charge >= 0.3 is 0 Å². The van der Waals surface area contributed by atoms with Crippen molar-refractivity contribution in [1.29, 1.82) is 0 Å². The summed E-state index contributed by atoms with van der Waals surface area (Å²) in [4.78, 5) is 14.4. The van der Waals surface area contributed by atoms with E-state index < -0.39 is 15.6 Å². The van der Waals surface area contributed by atoms with Gasteiger partial charge in [0, 0.05) is 19.3 Å². The van der Waals surface area contributed by atoms with E-state index in [-0.39, 0.29) is 5.91 Å². The Morgan fingerprint density at radius 3 is 2.55 bits per heavy atom. The maximum Gasteiger partial charge on any atom is 0.298 e. The largest absolute Gasteiger partial charge is 0.311 e. The zero-order valence-electron chi connectivity index (χ0n) is 13.4. The quantitative estimate of drug-likeness (QED) is 0.839. The second kappa shape index (κ2) is 5.89. The van der Waals surface area contributed by atoms with Crippen LogP contribution >= 0.6 is 0 Å². The molecule has 0 saturated carbocycles. The molecule has 1 amide bonds. The molecule has 22 heavy (non-hydrogen) atoms. The van der Waals surface area contributed by atoms with Crippen LogP contribution in [0.4, 0.5) is 11.4 Å². The van der Waals surface area contributed by atoms with E-state index in [0.717, 1.165) is 24.1 Å². The molecule has 0 fully saturated rings. The Kier molecular flexibility index (Phi) is 4.49. The number of fused-ring (bicyclic) bond motifs is 1. The number of benzene rings is 1. The van der Waals surface area contributed by atoms with Crippen LogP contribution in [0.5, 0.6) is 0 Å². The summed E-state index contributed by atoms with van der Waals surface area (Å²) in [6.45, 7) is 6.52. The van der Waals surface area contributed by atoms with Gasteiger partial charge in [0.05, 0.1) is 11.1 Å². The molecular weight excluding hydrogens is 302 g/mol. The van der Waals surface area contributed by atoms with Crippen LogP contribution in [0.2, 0.25) is 0 Å². The predicted octanol–water partition coefficient (Wildman–Crippen LogP) is 1.99. The fraction of sp³-hybridized carbons (Fsp3) is 0.533. The zero-order valence-corrected chi connectivity index (χ0v) is 14.3. The van der Waals surface area contributed by atoms with Crippen molar-refractivity contribution in [2.24, 2.45) is 0 Å². The van der Waals surface area contributed by atoms with Crippen molar-refractivity contribution in [2.45, 2.75) is 39.0 Å². The van der Waals surface area contributed by atoms with Gasteiger partial charge in [-0.05, 0) is 44.0 Å². The molecule has 2 rings (SSSR count). The van der Waals surface area contributed by atoms with Crippen molar-refractivity contribution in [1.82, 2.24) is 4.72 Å². The number of nitrogens with one attached hydrogen (secondary N) is 2. The molecule has 0 radical (unpaired) electrons. The van der Waals surface area contributed by atoms with E-state index in [2.05, 4.69) is 16.4 Å². The minimum absolute atomic E-state index is 0.0598. The number of amides is 1. The Balaban J connectivity index is 2.40.